The van der Waals surface area contributed by atoms with Crippen LogP contribution in [0.3, 0.4) is 0 Å². The van der Waals surface area contributed by atoms with Gasteiger partial charge in [-0.2, -0.15) is 0 Å². The first-order valence-corrected chi connectivity index (χ1v) is 6.92. The number of carbonyl (C=O) groups is 2. The Morgan fingerprint density at radius 3 is 2.80 bits per heavy atom. The summed E-state index contributed by atoms with van der Waals surface area (Å²) in [5.74, 6) is -0.920. The molecule has 1 aliphatic heterocycles. The fourth-order valence-corrected chi connectivity index (χ4v) is 2.63. The molecule has 0 aliphatic carbocycles. The van der Waals surface area contributed by atoms with Crippen LogP contribution in [0.5, 0.6) is 0 Å². The number of aryl methyl sites for hydroxylation is 1. The number of nitrogens with zero attached hydrogens (tertiary/aromatic N) is 2. The van der Waals surface area contributed by atoms with Gasteiger partial charge >= 0.3 is 12.0 Å². The molecule has 1 aromatic carbocycles. The van der Waals surface area contributed by atoms with Gasteiger partial charge in [0.1, 0.15) is 6.04 Å². The maximum absolute atomic E-state index is 12.6. The second-order valence-corrected chi connectivity index (χ2v) is 5.06. The van der Waals surface area contributed by atoms with Gasteiger partial charge in [0.2, 0.25) is 0 Å². The van der Waals surface area contributed by atoms with E-state index in [0.717, 1.165) is 17.7 Å². The van der Waals surface area contributed by atoms with Gasteiger partial charge in [-0.05, 0) is 44.4 Å². The van der Waals surface area contributed by atoms with E-state index in [-0.39, 0.29) is 6.03 Å². The molecular formula is C15H20N2O3. The number of aliphatic carboxylic acids is 1. The first-order valence-electron chi connectivity index (χ1n) is 6.92. The molecular weight excluding hydrogens is 256 g/mol. The minimum absolute atomic E-state index is 0.219. The number of carboxylic acid groups (broad SMARTS) is 1. The Morgan fingerprint density at radius 2 is 2.20 bits per heavy atom. The molecule has 1 fully saturated rings. The van der Waals surface area contributed by atoms with Crippen LogP contribution in [0.25, 0.3) is 0 Å². The highest BCUT2D eigenvalue weighted by atomic mass is 16.4. The number of carboxylic acids is 1. The Hall–Kier alpha value is -2.04. The number of benzene rings is 1. The molecule has 1 aliphatic rings. The Labute approximate surface area is 118 Å². The smallest absolute Gasteiger partial charge is 0.326 e. The molecule has 0 aromatic heterocycles. The normalized spacial score (nSPS) is 18.1. The van der Waals surface area contributed by atoms with Crippen LogP contribution in [0.1, 0.15) is 25.3 Å². The van der Waals surface area contributed by atoms with Gasteiger partial charge in [0, 0.05) is 18.8 Å². The number of hydrogen-bond donors (Lipinski definition) is 1. The zero-order chi connectivity index (χ0) is 14.7. The molecule has 1 atom stereocenters. The van der Waals surface area contributed by atoms with Crippen molar-refractivity contribution in [1.82, 2.24) is 4.90 Å². The fraction of sp³-hybridized carbons (Fsp3) is 0.467. The summed E-state index contributed by atoms with van der Waals surface area (Å²) in [7, 11) is 0. The molecule has 1 N–H and O–H groups in total. The summed E-state index contributed by atoms with van der Waals surface area (Å²) in [5, 5.41) is 9.19. The molecule has 1 heterocycles. The van der Waals surface area contributed by atoms with Crippen molar-refractivity contribution in [2.45, 2.75) is 32.7 Å². The molecule has 108 valence electrons. The Balaban J connectivity index is 2.23. The highest BCUT2D eigenvalue weighted by Crippen LogP contribution is 2.23. The van der Waals surface area contributed by atoms with Gasteiger partial charge in [0.05, 0.1) is 0 Å². The second-order valence-electron chi connectivity index (χ2n) is 5.06. The molecule has 0 saturated carbocycles. The van der Waals surface area contributed by atoms with E-state index in [1.54, 1.807) is 4.90 Å². The third-order valence-electron chi connectivity index (χ3n) is 3.64. The summed E-state index contributed by atoms with van der Waals surface area (Å²) in [4.78, 5) is 26.9. The molecule has 20 heavy (non-hydrogen) atoms. The van der Waals surface area contributed by atoms with Gasteiger partial charge in [-0.3, -0.25) is 4.90 Å². The predicted octanol–water partition coefficient (Wildman–Crippen LogP) is 2.49. The van der Waals surface area contributed by atoms with Gasteiger partial charge in [-0.25, -0.2) is 9.59 Å². The van der Waals surface area contributed by atoms with Gasteiger partial charge < -0.3 is 10.0 Å². The zero-order valence-corrected chi connectivity index (χ0v) is 11.9. The number of anilines is 1. The number of likely N-dealkylation sites (tertiary alicyclic amines) is 1. The van der Waals surface area contributed by atoms with Crippen LogP contribution in [0.15, 0.2) is 24.3 Å². The maximum atomic E-state index is 12.6. The van der Waals surface area contributed by atoms with Crippen LogP contribution in [-0.2, 0) is 4.79 Å². The van der Waals surface area contributed by atoms with E-state index in [1.807, 2.05) is 38.1 Å². The van der Waals surface area contributed by atoms with Crippen molar-refractivity contribution in [1.29, 1.82) is 0 Å². The van der Waals surface area contributed by atoms with E-state index in [0.29, 0.717) is 19.5 Å². The summed E-state index contributed by atoms with van der Waals surface area (Å²) in [6.07, 6.45) is 1.28. The lowest BCUT2D eigenvalue weighted by atomic mass is 10.2. The summed E-state index contributed by atoms with van der Waals surface area (Å²) < 4.78 is 0. The number of amides is 2. The topological polar surface area (TPSA) is 60.9 Å². The molecule has 0 spiro atoms. The van der Waals surface area contributed by atoms with Crippen LogP contribution < -0.4 is 4.90 Å². The quantitative estimate of drug-likeness (QED) is 0.922. The minimum Gasteiger partial charge on any atom is -0.480 e. The molecule has 1 aromatic rings. The average Bonchev–Trinajstić information content (AvgIpc) is 2.89. The minimum atomic E-state index is -0.920. The van der Waals surface area contributed by atoms with Crippen LogP contribution in [0.4, 0.5) is 10.5 Å². The van der Waals surface area contributed by atoms with E-state index < -0.39 is 12.0 Å². The van der Waals surface area contributed by atoms with Crippen molar-refractivity contribution >= 4 is 17.7 Å². The molecule has 5 heteroatoms. The average molecular weight is 276 g/mol. The van der Waals surface area contributed by atoms with Gasteiger partial charge in [-0.15, -0.1) is 0 Å². The first kappa shape index (κ1) is 14.4. The third kappa shape index (κ3) is 2.76. The van der Waals surface area contributed by atoms with Crippen molar-refractivity contribution in [3.05, 3.63) is 29.8 Å². The number of carbonyl (C=O) groups excluding carboxylic acids is 1. The van der Waals surface area contributed by atoms with Gasteiger partial charge in [-0.1, -0.05) is 12.1 Å². The second kappa shape index (κ2) is 5.94. The van der Waals surface area contributed by atoms with Crippen LogP contribution in [0.2, 0.25) is 0 Å². The lowest BCUT2D eigenvalue weighted by Crippen LogP contribution is -2.48. The summed E-state index contributed by atoms with van der Waals surface area (Å²) in [6, 6.07) is 6.77. The Kier molecular flexibility index (Phi) is 4.27. The van der Waals surface area contributed by atoms with Crippen LogP contribution in [-0.4, -0.2) is 41.1 Å². The fourth-order valence-electron chi connectivity index (χ4n) is 2.63. The van der Waals surface area contributed by atoms with E-state index in [9.17, 15) is 14.7 Å². The van der Waals surface area contributed by atoms with E-state index in [1.165, 1.54) is 4.90 Å². The zero-order valence-electron chi connectivity index (χ0n) is 11.9. The standard InChI is InChI=1S/C15H20N2O3/c1-3-16(12-7-4-6-11(2)10-12)15(20)17-9-5-8-13(17)14(18)19/h4,6-7,10,13H,3,5,8-9H2,1-2H3,(H,18,19). The van der Waals surface area contributed by atoms with Crippen molar-refractivity contribution in [3.63, 3.8) is 0 Å². The lowest BCUT2D eigenvalue weighted by Gasteiger charge is -2.29. The van der Waals surface area contributed by atoms with Crippen molar-refractivity contribution < 1.29 is 14.7 Å². The summed E-state index contributed by atoms with van der Waals surface area (Å²) in [6.45, 7) is 4.90. The highest BCUT2D eigenvalue weighted by molar-refractivity contribution is 5.94. The predicted molar refractivity (Wildman–Crippen MR) is 77.0 cm³/mol. The van der Waals surface area contributed by atoms with Crippen molar-refractivity contribution in [2.75, 3.05) is 18.0 Å². The molecule has 1 saturated heterocycles. The molecule has 0 bridgehead atoms. The highest BCUT2D eigenvalue weighted by Gasteiger charge is 2.36. The van der Waals surface area contributed by atoms with Gasteiger partial charge in [0.25, 0.3) is 0 Å². The van der Waals surface area contributed by atoms with Gasteiger partial charge in [0.15, 0.2) is 0 Å². The SMILES string of the molecule is CCN(C(=O)N1CCCC1C(=O)O)c1cccc(C)c1. The molecule has 2 rings (SSSR count). The number of urea groups is 1. The summed E-state index contributed by atoms with van der Waals surface area (Å²) in [5.41, 5.74) is 1.89. The molecule has 0 radical (unpaired) electrons. The third-order valence-corrected chi connectivity index (χ3v) is 3.64. The number of rotatable bonds is 3. The largest absolute Gasteiger partial charge is 0.480 e. The molecule has 1 unspecified atom stereocenters. The Bertz CT molecular complexity index is 516. The lowest BCUT2D eigenvalue weighted by molar-refractivity contribution is -0.141. The molecule has 2 amide bonds. The summed E-state index contributed by atoms with van der Waals surface area (Å²) >= 11 is 0. The maximum Gasteiger partial charge on any atom is 0.326 e. The van der Waals surface area contributed by atoms with E-state index in [2.05, 4.69) is 0 Å². The van der Waals surface area contributed by atoms with E-state index in [4.69, 9.17) is 0 Å². The van der Waals surface area contributed by atoms with Crippen molar-refractivity contribution in [3.8, 4) is 0 Å². The first-order chi connectivity index (χ1) is 9.54. The Morgan fingerprint density at radius 1 is 1.45 bits per heavy atom. The molecule has 5 nitrogen and oxygen atoms in total. The van der Waals surface area contributed by atoms with Crippen LogP contribution >= 0.6 is 0 Å². The van der Waals surface area contributed by atoms with E-state index >= 15 is 0 Å². The monoisotopic (exact) mass is 276 g/mol. The van der Waals surface area contributed by atoms with Crippen LogP contribution in [0, 0.1) is 6.92 Å². The van der Waals surface area contributed by atoms with Crippen molar-refractivity contribution in [2.24, 2.45) is 0 Å². The number of hydrogen-bond acceptors (Lipinski definition) is 2.